The van der Waals surface area contributed by atoms with Crippen molar-refractivity contribution in [3.8, 4) is 0 Å². The summed E-state index contributed by atoms with van der Waals surface area (Å²) in [6.07, 6.45) is 0.0234. The van der Waals surface area contributed by atoms with Crippen LogP contribution in [0.5, 0.6) is 0 Å². The topological polar surface area (TPSA) is 37.3 Å². The van der Waals surface area contributed by atoms with Crippen LogP contribution in [0.25, 0.3) is 0 Å². The summed E-state index contributed by atoms with van der Waals surface area (Å²) in [4.78, 5) is 11.5. The third-order valence-electron chi connectivity index (χ3n) is 2.25. The number of benzene rings is 1. The van der Waals surface area contributed by atoms with E-state index in [-0.39, 0.29) is 5.78 Å². The molecule has 0 aliphatic heterocycles. The van der Waals surface area contributed by atoms with Gasteiger partial charge in [0.1, 0.15) is 6.10 Å². The number of hydrogen-bond acceptors (Lipinski definition) is 2. The van der Waals surface area contributed by atoms with E-state index in [9.17, 15) is 9.90 Å². The number of carbonyl (C=O) groups is 1. The molecule has 2 heteroatoms. The van der Waals surface area contributed by atoms with Crippen LogP contribution in [0, 0.1) is 5.92 Å². The predicted molar refractivity (Wildman–Crippen MR) is 60.6 cm³/mol. The van der Waals surface area contributed by atoms with Crippen LogP contribution in [-0.4, -0.2) is 17.0 Å². The third-order valence-corrected chi connectivity index (χ3v) is 2.25. The van der Waals surface area contributed by atoms with Crippen LogP contribution in [0.3, 0.4) is 0 Å². The molecule has 0 aromatic heterocycles. The maximum absolute atomic E-state index is 11.5. The van der Waals surface area contributed by atoms with Crippen LogP contribution in [0.4, 0.5) is 0 Å². The highest BCUT2D eigenvalue weighted by atomic mass is 16.3. The number of rotatable bonds is 5. The van der Waals surface area contributed by atoms with E-state index in [1.54, 1.807) is 0 Å². The Morgan fingerprint density at radius 1 is 1.27 bits per heavy atom. The van der Waals surface area contributed by atoms with Gasteiger partial charge >= 0.3 is 0 Å². The van der Waals surface area contributed by atoms with Crippen LogP contribution in [0.1, 0.15) is 25.8 Å². The van der Waals surface area contributed by atoms with Crippen LogP contribution in [0.2, 0.25) is 0 Å². The van der Waals surface area contributed by atoms with Crippen molar-refractivity contribution in [1.82, 2.24) is 0 Å². The van der Waals surface area contributed by atoms with Crippen molar-refractivity contribution in [2.75, 3.05) is 0 Å². The van der Waals surface area contributed by atoms with Crippen molar-refractivity contribution in [3.05, 3.63) is 35.9 Å². The van der Waals surface area contributed by atoms with Crippen LogP contribution >= 0.6 is 0 Å². The maximum atomic E-state index is 11.5. The molecule has 1 aromatic carbocycles. The highest BCUT2D eigenvalue weighted by Gasteiger charge is 2.16. The molecule has 15 heavy (non-hydrogen) atoms. The van der Waals surface area contributed by atoms with Gasteiger partial charge < -0.3 is 5.11 Å². The number of aliphatic hydroxyl groups is 1. The molecule has 0 heterocycles. The molecular weight excluding hydrogens is 188 g/mol. The van der Waals surface area contributed by atoms with Crippen LogP contribution < -0.4 is 0 Å². The average Bonchev–Trinajstić information content (AvgIpc) is 2.18. The Morgan fingerprint density at radius 2 is 1.87 bits per heavy atom. The standard InChI is InChI=1S/C13H18O2/c1-10(2)8-12(14)13(15)9-11-6-4-3-5-7-11/h3-7,10,13,15H,8-9H2,1-2H3/t13-/m0/s1. The number of Topliss-reactive ketones (excluding diaryl/α,β-unsaturated/α-hetero) is 1. The fourth-order valence-corrected chi connectivity index (χ4v) is 1.49. The van der Waals surface area contributed by atoms with Crippen molar-refractivity contribution >= 4 is 5.78 Å². The number of ketones is 1. The molecule has 0 saturated carbocycles. The van der Waals surface area contributed by atoms with Crippen LogP contribution in [-0.2, 0) is 11.2 Å². The summed E-state index contributed by atoms with van der Waals surface area (Å²) in [5.74, 6) is 0.247. The van der Waals surface area contributed by atoms with Gasteiger partial charge in [-0.3, -0.25) is 4.79 Å². The molecule has 0 radical (unpaired) electrons. The SMILES string of the molecule is CC(C)CC(=O)[C@@H](O)Cc1ccccc1. The molecule has 1 aromatic rings. The molecule has 0 fully saturated rings. The van der Waals surface area contributed by atoms with Gasteiger partial charge in [0.15, 0.2) is 5.78 Å². The molecule has 0 saturated heterocycles. The summed E-state index contributed by atoms with van der Waals surface area (Å²) < 4.78 is 0. The first kappa shape index (κ1) is 11.9. The molecule has 2 nitrogen and oxygen atoms in total. The fraction of sp³-hybridized carbons (Fsp3) is 0.462. The Labute approximate surface area is 90.9 Å². The average molecular weight is 206 g/mol. The summed E-state index contributed by atoms with van der Waals surface area (Å²) in [5.41, 5.74) is 1.00. The summed E-state index contributed by atoms with van der Waals surface area (Å²) >= 11 is 0. The van der Waals surface area contributed by atoms with Gasteiger partial charge in [-0.05, 0) is 11.5 Å². The van der Waals surface area contributed by atoms with Gasteiger partial charge in [-0.2, -0.15) is 0 Å². The lowest BCUT2D eigenvalue weighted by Crippen LogP contribution is -2.24. The zero-order valence-corrected chi connectivity index (χ0v) is 9.31. The van der Waals surface area contributed by atoms with Gasteiger partial charge in [0, 0.05) is 12.8 Å². The molecular formula is C13H18O2. The monoisotopic (exact) mass is 206 g/mol. The number of carbonyl (C=O) groups excluding carboxylic acids is 1. The smallest absolute Gasteiger partial charge is 0.161 e. The van der Waals surface area contributed by atoms with Crippen molar-refractivity contribution < 1.29 is 9.90 Å². The number of hydrogen-bond donors (Lipinski definition) is 1. The number of aliphatic hydroxyl groups excluding tert-OH is 1. The second-order valence-electron chi connectivity index (χ2n) is 4.27. The van der Waals surface area contributed by atoms with Gasteiger partial charge in [-0.15, -0.1) is 0 Å². The Morgan fingerprint density at radius 3 is 2.40 bits per heavy atom. The molecule has 0 spiro atoms. The lowest BCUT2D eigenvalue weighted by molar-refractivity contribution is -0.127. The van der Waals surface area contributed by atoms with Crippen molar-refractivity contribution in [2.45, 2.75) is 32.8 Å². The summed E-state index contributed by atoms with van der Waals surface area (Å²) in [6.45, 7) is 3.96. The molecule has 82 valence electrons. The molecule has 0 bridgehead atoms. The first-order valence-corrected chi connectivity index (χ1v) is 5.34. The predicted octanol–water partition coefficient (Wildman–Crippen LogP) is 2.21. The van der Waals surface area contributed by atoms with E-state index in [4.69, 9.17) is 0 Å². The highest BCUT2D eigenvalue weighted by molar-refractivity contribution is 5.83. The van der Waals surface area contributed by atoms with Crippen molar-refractivity contribution in [3.63, 3.8) is 0 Å². The van der Waals surface area contributed by atoms with Gasteiger partial charge in [0.25, 0.3) is 0 Å². The van der Waals surface area contributed by atoms with E-state index in [0.717, 1.165) is 5.56 Å². The van der Waals surface area contributed by atoms with Crippen molar-refractivity contribution in [1.29, 1.82) is 0 Å². The Hall–Kier alpha value is -1.15. The van der Waals surface area contributed by atoms with Gasteiger partial charge in [0.05, 0.1) is 0 Å². The maximum Gasteiger partial charge on any atom is 0.161 e. The Balaban J connectivity index is 2.49. The molecule has 0 aliphatic rings. The highest BCUT2D eigenvalue weighted by Crippen LogP contribution is 2.08. The minimum absolute atomic E-state index is 0.0612. The zero-order chi connectivity index (χ0) is 11.3. The zero-order valence-electron chi connectivity index (χ0n) is 9.31. The van der Waals surface area contributed by atoms with Crippen LogP contribution in [0.15, 0.2) is 30.3 Å². The first-order valence-electron chi connectivity index (χ1n) is 5.34. The summed E-state index contributed by atoms with van der Waals surface area (Å²) in [5, 5.41) is 9.67. The van der Waals surface area contributed by atoms with Crippen molar-refractivity contribution in [2.24, 2.45) is 5.92 Å². The van der Waals surface area contributed by atoms with Gasteiger partial charge in [0.2, 0.25) is 0 Å². The lowest BCUT2D eigenvalue weighted by atomic mass is 9.99. The Kier molecular flexibility index (Phi) is 4.50. The minimum atomic E-state index is -0.852. The molecule has 0 unspecified atom stereocenters. The van der Waals surface area contributed by atoms with Gasteiger partial charge in [-0.25, -0.2) is 0 Å². The quantitative estimate of drug-likeness (QED) is 0.802. The normalized spacial score (nSPS) is 12.8. The van der Waals surface area contributed by atoms with E-state index < -0.39 is 6.10 Å². The molecule has 0 aliphatic carbocycles. The van der Waals surface area contributed by atoms with E-state index in [2.05, 4.69) is 0 Å². The summed E-state index contributed by atoms with van der Waals surface area (Å²) in [7, 11) is 0. The van der Waals surface area contributed by atoms with E-state index >= 15 is 0 Å². The van der Waals surface area contributed by atoms with E-state index in [1.807, 2.05) is 44.2 Å². The lowest BCUT2D eigenvalue weighted by Gasteiger charge is -2.11. The molecule has 1 rings (SSSR count). The molecule has 0 amide bonds. The summed E-state index contributed by atoms with van der Waals surface area (Å²) in [6, 6.07) is 9.59. The van der Waals surface area contributed by atoms with E-state index in [1.165, 1.54) is 0 Å². The fourth-order valence-electron chi connectivity index (χ4n) is 1.49. The molecule has 1 atom stereocenters. The first-order chi connectivity index (χ1) is 7.09. The van der Waals surface area contributed by atoms with E-state index in [0.29, 0.717) is 18.8 Å². The Bertz CT molecular complexity index is 304. The second kappa shape index (κ2) is 5.66. The second-order valence-corrected chi connectivity index (χ2v) is 4.27. The molecule has 1 N–H and O–H groups in total. The minimum Gasteiger partial charge on any atom is -0.385 e. The largest absolute Gasteiger partial charge is 0.385 e. The van der Waals surface area contributed by atoms with Gasteiger partial charge in [-0.1, -0.05) is 44.2 Å². The third kappa shape index (κ3) is 4.26.